The van der Waals surface area contributed by atoms with E-state index in [9.17, 15) is 5.11 Å². The molecule has 134 valence electrons. The first-order valence-corrected chi connectivity index (χ1v) is 9.40. The van der Waals surface area contributed by atoms with Crippen LogP contribution >= 0.6 is 11.6 Å². The van der Waals surface area contributed by atoms with Gasteiger partial charge in [-0.15, -0.1) is 0 Å². The van der Waals surface area contributed by atoms with Gasteiger partial charge in [0.05, 0.1) is 17.7 Å². The Bertz CT molecular complexity index is 568. The monoisotopic (exact) mass is 352 g/mol. The van der Waals surface area contributed by atoms with Crippen LogP contribution in [0.4, 0.5) is 0 Å². The summed E-state index contributed by atoms with van der Waals surface area (Å²) in [7, 11) is 2.17. The van der Waals surface area contributed by atoms with Crippen molar-refractivity contribution >= 4 is 11.6 Å². The molecule has 24 heavy (non-hydrogen) atoms. The van der Waals surface area contributed by atoms with E-state index >= 15 is 0 Å². The van der Waals surface area contributed by atoms with Crippen LogP contribution in [0.15, 0.2) is 18.2 Å². The van der Waals surface area contributed by atoms with Gasteiger partial charge in [0.1, 0.15) is 5.75 Å². The molecule has 2 aliphatic rings. The van der Waals surface area contributed by atoms with Gasteiger partial charge in [0, 0.05) is 31.6 Å². The van der Waals surface area contributed by atoms with Gasteiger partial charge in [-0.25, -0.2) is 0 Å². The van der Waals surface area contributed by atoms with Crippen molar-refractivity contribution in [2.75, 3.05) is 39.8 Å². The van der Waals surface area contributed by atoms with Crippen LogP contribution in [0, 0.1) is 5.41 Å². The van der Waals surface area contributed by atoms with E-state index < -0.39 is 0 Å². The molecule has 0 bridgehead atoms. The first kappa shape index (κ1) is 18.0. The summed E-state index contributed by atoms with van der Waals surface area (Å²) < 4.78 is 5.51. The van der Waals surface area contributed by atoms with E-state index in [2.05, 4.69) is 22.9 Å². The minimum atomic E-state index is -0.180. The third-order valence-electron chi connectivity index (χ3n) is 5.47. The molecule has 2 aliphatic heterocycles. The molecule has 2 atom stereocenters. The van der Waals surface area contributed by atoms with Crippen LogP contribution in [-0.4, -0.2) is 60.8 Å². The number of piperidine rings is 2. The Balaban J connectivity index is 1.68. The highest BCUT2D eigenvalue weighted by molar-refractivity contribution is 6.32. The van der Waals surface area contributed by atoms with Gasteiger partial charge < -0.3 is 14.7 Å². The predicted octanol–water partition coefficient (Wildman–Crippen LogP) is 3.02. The molecule has 0 amide bonds. The standard InChI is InChI=1S/C19H29ClN2O2/c1-3-24-17-6-5-15(11-16(17)20)12-22-9-4-8-19(14-22)13-21(2)10-7-18(19)23/h5-6,11,18,23H,3-4,7-10,12-14H2,1-2H3/t18-,19-/m0/s1. The third-order valence-corrected chi connectivity index (χ3v) is 5.76. The molecule has 3 rings (SSSR count). The summed E-state index contributed by atoms with van der Waals surface area (Å²) in [5, 5.41) is 11.3. The lowest BCUT2D eigenvalue weighted by atomic mass is 9.71. The summed E-state index contributed by atoms with van der Waals surface area (Å²) in [4.78, 5) is 4.84. The highest BCUT2D eigenvalue weighted by atomic mass is 35.5. The average Bonchev–Trinajstić information content (AvgIpc) is 2.54. The van der Waals surface area contributed by atoms with Crippen LogP contribution in [0.2, 0.25) is 5.02 Å². The lowest BCUT2D eigenvalue weighted by molar-refractivity contribution is -0.0807. The van der Waals surface area contributed by atoms with Crippen molar-refractivity contribution in [3.63, 3.8) is 0 Å². The largest absolute Gasteiger partial charge is 0.492 e. The van der Waals surface area contributed by atoms with Crippen LogP contribution in [0.5, 0.6) is 5.75 Å². The number of ether oxygens (including phenoxy) is 1. The Morgan fingerprint density at radius 1 is 1.33 bits per heavy atom. The number of benzene rings is 1. The van der Waals surface area contributed by atoms with Gasteiger partial charge in [0.25, 0.3) is 0 Å². The van der Waals surface area contributed by atoms with E-state index in [-0.39, 0.29) is 11.5 Å². The molecule has 1 spiro atoms. The number of aliphatic hydroxyl groups excluding tert-OH is 1. The summed E-state index contributed by atoms with van der Waals surface area (Å²) in [5.41, 5.74) is 1.24. The zero-order valence-corrected chi connectivity index (χ0v) is 15.6. The molecule has 2 saturated heterocycles. The minimum Gasteiger partial charge on any atom is -0.492 e. The Hall–Kier alpha value is -0.810. The Morgan fingerprint density at radius 2 is 2.17 bits per heavy atom. The number of rotatable bonds is 4. The predicted molar refractivity (Wildman–Crippen MR) is 97.7 cm³/mol. The van der Waals surface area contributed by atoms with Crippen LogP contribution < -0.4 is 4.74 Å². The molecule has 2 heterocycles. The summed E-state index contributed by atoms with van der Waals surface area (Å²) in [6, 6.07) is 6.07. The van der Waals surface area contributed by atoms with Gasteiger partial charge in [-0.1, -0.05) is 17.7 Å². The molecular weight excluding hydrogens is 324 g/mol. The number of hydrogen-bond acceptors (Lipinski definition) is 4. The number of hydrogen-bond donors (Lipinski definition) is 1. The van der Waals surface area contributed by atoms with Gasteiger partial charge in [0.15, 0.2) is 0 Å². The summed E-state index contributed by atoms with van der Waals surface area (Å²) in [6.07, 6.45) is 2.98. The molecule has 1 aromatic carbocycles. The van der Waals surface area contributed by atoms with Crippen LogP contribution in [0.3, 0.4) is 0 Å². The zero-order valence-electron chi connectivity index (χ0n) is 14.8. The molecular formula is C19H29ClN2O2. The molecule has 1 N–H and O–H groups in total. The van der Waals surface area contributed by atoms with Gasteiger partial charge in [-0.3, -0.25) is 4.90 Å². The second kappa shape index (κ2) is 7.61. The maximum absolute atomic E-state index is 10.6. The maximum atomic E-state index is 10.6. The molecule has 1 aromatic rings. The molecule has 2 fully saturated rings. The smallest absolute Gasteiger partial charge is 0.137 e. The van der Waals surface area contributed by atoms with Crippen molar-refractivity contribution in [3.05, 3.63) is 28.8 Å². The highest BCUT2D eigenvalue weighted by Crippen LogP contribution is 2.39. The Morgan fingerprint density at radius 3 is 2.92 bits per heavy atom. The zero-order chi connectivity index (χ0) is 17.2. The van der Waals surface area contributed by atoms with E-state index in [4.69, 9.17) is 16.3 Å². The van der Waals surface area contributed by atoms with Gasteiger partial charge in [-0.2, -0.15) is 0 Å². The molecule has 4 nitrogen and oxygen atoms in total. The van der Waals surface area contributed by atoms with E-state index in [0.29, 0.717) is 11.6 Å². The van der Waals surface area contributed by atoms with E-state index in [1.54, 1.807) is 0 Å². The fourth-order valence-electron chi connectivity index (χ4n) is 4.34. The quantitative estimate of drug-likeness (QED) is 0.903. The fraction of sp³-hybridized carbons (Fsp3) is 0.684. The molecule has 0 aromatic heterocycles. The topological polar surface area (TPSA) is 35.9 Å². The molecule has 0 radical (unpaired) electrons. The molecule has 5 heteroatoms. The van der Waals surface area contributed by atoms with Crippen molar-refractivity contribution in [3.8, 4) is 5.75 Å². The number of halogens is 1. The second-order valence-corrected chi connectivity index (χ2v) is 7.82. The first-order chi connectivity index (χ1) is 11.5. The summed E-state index contributed by atoms with van der Waals surface area (Å²) in [5.74, 6) is 0.752. The SMILES string of the molecule is CCOc1ccc(CN2CCC[C@]3(CN(C)CC[C@@H]3O)C2)cc1Cl. The van der Waals surface area contributed by atoms with Crippen LogP contribution in [-0.2, 0) is 6.54 Å². The van der Waals surface area contributed by atoms with Crippen molar-refractivity contribution in [2.45, 2.75) is 38.8 Å². The van der Waals surface area contributed by atoms with Crippen molar-refractivity contribution in [2.24, 2.45) is 5.41 Å². The summed E-state index contributed by atoms with van der Waals surface area (Å²) in [6.45, 7) is 7.51. The Kier molecular flexibility index (Phi) is 5.70. The van der Waals surface area contributed by atoms with Crippen LogP contribution in [0.1, 0.15) is 31.7 Å². The van der Waals surface area contributed by atoms with Gasteiger partial charge >= 0.3 is 0 Å². The van der Waals surface area contributed by atoms with Crippen molar-refractivity contribution < 1.29 is 9.84 Å². The van der Waals surface area contributed by atoms with Gasteiger partial charge in [-0.05, 0) is 57.5 Å². The number of aliphatic hydroxyl groups is 1. The van der Waals surface area contributed by atoms with Crippen LogP contribution in [0.25, 0.3) is 0 Å². The molecule has 0 aliphatic carbocycles. The number of likely N-dealkylation sites (tertiary alicyclic amines) is 2. The second-order valence-electron chi connectivity index (χ2n) is 7.42. The average molecular weight is 353 g/mol. The fourth-order valence-corrected chi connectivity index (χ4v) is 4.60. The highest BCUT2D eigenvalue weighted by Gasteiger charge is 2.44. The molecule has 0 saturated carbocycles. The lowest BCUT2D eigenvalue weighted by Crippen LogP contribution is -2.58. The Labute approximate surface area is 150 Å². The molecule has 0 unspecified atom stereocenters. The minimum absolute atomic E-state index is 0.0281. The van der Waals surface area contributed by atoms with E-state index in [0.717, 1.165) is 57.7 Å². The lowest BCUT2D eigenvalue weighted by Gasteiger charge is -2.50. The van der Waals surface area contributed by atoms with E-state index in [1.165, 1.54) is 5.56 Å². The van der Waals surface area contributed by atoms with Gasteiger partial charge in [0.2, 0.25) is 0 Å². The summed E-state index contributed by atoms with van der Waals surface area (Å²) >= 11 is 6.32. The van der Waals surface area contributed by atoms with E-state index in [1.807, 2.05) is 19.1 Å². The maximum Gasteiger partial charge on any atom is 0.137 e. The third kappa shape index (κ3) is 3.88. The normalized spacial score (nSPS) is 29.1. The number of nitrogens with zero attached hydrogens (tertiary/aromatic N) is 2. The van der Waals surface area contributed by atoms with Crippen molar-refractivity contribution in [1.82, 2.24) is 9.80 Å². The van der Waals surface area contributed by atoms with Crippen molar-refractivity contribution in [1.29, 1.82) is 0 Å². The first-order valence-electron chi connectivity index (χ1n) is 9.02.